The standard InChI is InChI=1S/C22H27F2N3O2/c1-29-20-10-16(28)8-7-14(20)12-27-9-3-4-15(13-27)22-17(11-25-26-22)21-18(23)5-2-6-19(21)24/h2,5-8,10,15,17,22,25-26,28H,3-4,9,11-13H2,1H3. The Morgan fingerprint density at radius 1 is 1.21 bits per heavy atom. The monoisotopic (exact) mass is 403 g/mol. The van der Waals surface area contributed by atoms with Gasteiger partial charge in [0.15, 0.2) is 0 Å². The van der Waals surface area contributed by atoms with Crippen LogP contribution >= 0.6 is 0 Å². The Morgan fingerprint density at radius 3 is 2.76 bits per heavy atom. The van der Waals surface area contributed by atoms with Gasteiger partial charge in [0.25, 0.3) is 0 Å². The Hall–Kier alpha value is -2.22. The average molecular weight is 403 g/mol. The first-order valence-electron chi connectivity index (χ1n) is 10.1. The normalized spacial score (nSPS) is 25.3. The van der Waals surface area contributed by atoms with E-state index >= 15 is 0 Å². The van der Waals surface area contributed by atoms with Gasteiger partial charge in [-0.3, -0.25) is 15.8 Å². The van der Waals surface area contributed by atoms with E-state index in [2.05, 4.69) is 15.8 Å². The number of methoxy groups -OCH3 is 1. The maximum Gasteiger partial charge on any atom is 0.129 e. The molecule has 156 valence electrons. The minimum atomic E-state index is -0.480. The number of benzene rings is 2. The van der Waals surface area contributed by atoms with Crippen LogP contribution in [-0.2, 0) is 6.54 Å². The van der Waals surface area contributed by atoms with Gasteiger partial charge >= 0.3 is 0 Å². The molecule has 5 nitrogen and oxygen atoms in total. The van der Waals surface area contributed by atoms with Crippen LogP contribution in [0.15, 0.2) is 36.4 Å². The summed E-state index contributed by atoms with van der Waals surface area (Å²) in [5, 5.41) is 9.67. The van der Waals surface area contributed by atoms with E-state index in [4.69, 9.17) is 4.74 Å². The molecule has 0 spiro atoms. The number of rotatable bonds is 5. The number of phenols is 1. The Balaban J connectivity index is 1.49. The lowest BCUT2D eigenvalue weighted by molar-refractivity contribution is 0.138. The van der Waals surface area contributed by atoms with Crippen molar-refractivity contribution in [3.05, 3.63) is 59.2 Å². The van der Waals surface area contributed by atoms with Crippen molar-refractivity contribution in [1.82, 2.24) is 15.8 Å². The summed E-state index contributed by atoms with van der Waals surface area (Å²) in [4.78, 5) is 2.35. The van der Waals surface area contributed by atoms with Crippen molar-refractivity contribution >= 4 is 0 Å². The first-order chi connectivity index (χ1) is 14.1. The molecule has 2 aliphatic heterocycles. The van der Waals surface area contributed by atoms with Gasteiger partial charge in [-0.1, -0.05) is 12.1 Å². The minimum absolute atomic E-state index is 0.0362. The summed E-state index contributed by atoms with van der Waals surface area (Å²) >= 11 is 0. The van der Waals surface area contributed by atoms with Gasteiger partial charge < -0.3 is 9.84 Å². The van der Waals surface area contributed by atoms with E-state index in [-0.39, 0.29) is 29.2 Å². The number of hydrazine groups is 1. The topological polar surface area (TPSA) is 56.8 Å². The van der Waals surface area contributed by atoms with Gasteiger partial charge in [-0.15, -0.1) is 0 Å². The summed E-state index contributed by atoms with van der Waals surface area (Å²) < 4.78 is 34.2. The number of hydrogen-bond donors (Lipinski definition) is 3. The fraction of sp³-hybridized carbons (Fsp3) is 0.455. The maximum absolute atomic E-state index is 14.4. The second-order valence-electron chi connectivity index (χ2n) is 7.93. The number of piperidine rings is 1. The first kappa shape index (κ1) is 20.1. The molecule has 2 aliphatic rings. The highest BCUT2D eigenvalue weighted by atomic mass is 19.1. The third-order valence-electron chi connectivity index (χ3n) is 6.11. The van der Waals surface area contributed by atoms with E-state index in [1.54, 1.807) is 19.2 Å². The van der Waals surface area contributed by atoms with Crippen LogP contribution in [0.3, 0.4) is 0 Å². The number of aromatic hydroxyl groups is 1. The molecule has 2 aromatic rings. The van der Waals surface area contributed by atoms with Crippen LogP contribution in [0.25, 0.3) is 0 Å². The van der Waals surface area contributed by atoms with Crippen molar-refractivity contribution in [1.29, 1.82) is 0 Å². The van der Waals surface area contributed by atoms with Crippen molar-refractivity contribution < 1.29 is 18.6 Å². The zero-order valence-electron chi connectivity index (χ0n) is 16.5. The fourth-order valence-electron chi connectivity index (χ4n) is 4.74. The second kappa shape index (κ2) is 8.65. The summed E-state index contributed by atoms with van der Waals surface area (Å²) in [5.74, 6) is -0.0913. The van der Waals surface area contributed by atoms with Crippen LogP contribution in [0.4, 0.5) is 8.78 Å². The lowest BCUT2D eigenvalue weighted by Crippen LogP contribution is -2.46. The maximum atomic E-state index is 14.4. The highest BCUT2D eigenvalue weighted by Gasteiger charge is 2.39. The van der Waals surface area contributed by atoms with E-state index in [9.17, 15) is 13.9 Å². The molecule has 0 amide bonds. The molecule has 4 rings (SSSR count). The van der Waals surface area contributed by atoms with Gasteiger partial charge in [-0.2, -0.15) is 0 Å². The molecule has 0 aromatic heterocycles. The molecular formula is C22H27F2N3O2. The number of hydrogen-bond acceptors (Lipinski definition) is 5. The molecule has 7 heteroatoms. The molecule has 0 aliphatic carbocycles. The molecule has 2 heterocycles. The van der Waals surface area contributed by atoms with E-state index < -0.39 is 11.6 Å². The smallest absolute Gasteiger partial charge is 0.129 e. The van der Waals surface area contributed by atoms with Crippen molar-refractivity contribution in [3.8, 4) is 11.5 Å². The minimum Gasteiger partial charge on any atom is -0.508 e. The Bertz CT molecular complexity index is 844. The molecule has 3 unspecified atom stereocenters. The number of nitrogens with one attached hydrogen (secondary N) is 2. The zero-order valence-corrected chi connectivity index (χ0v) is 16.5. The van der Waals surface area contributed by atoms with Gasteiger partial charge in [0.1, 0.15) is 23.1 Å². The van der Waals surface area contributed by atoms with Gasteiger partial charge in [0.2, 0.25) is 0 Å². The Kier molecular flexibility index (Phi) is 5.99. The van der Waals surface area contributed by atoms with Gasteiger partial charge in [-0.05, 0) is 43.5 Å². The number of halogens is 2. The number of nitrogens with zero attached hydrogens (tertiary/aromatic N) is 1. The molecular weight excluding hydrogens is 376 g/mol. The molecule has 2 saturated heterocycles. The number of likely N-dealkylation sites (tertiary alicyclic amines) is 1. The predicted octanol–water partition coefficient (Wildman–Crippen LogP) is 3.15. The molecule has 0 radical (unpaired) electrons. The number of phenolic OH excluding ortho intramolecular Hbond substituents is 1. The van der Waals surface area contributed by atoms with Crippen molar-refractivity contribution in [2.24, 2.45) is 5.92 Å². The SMILES string of the molecule is COc1cc(O)ccc1CN1CCCC(C2NNCC2c2c(F)cccc2F)C1. The van der Waals surface area contributed by atoms with Crippen LogP contribution < -0.4 is 15.6 Å². The highest BCUT2D eigenvalue weighted by Crippen LogP contribution is 2.35. The summed E-state index contributed by atoms with van der Waals surface area (Å²) in [6, 6.07) is 9.20. The Morgan fingerprint density at radius 2 is 2.00 bits per heavy atom. The molecule has 0 bridgehead atoms. The largest absolute Gasteiger partial charge is 0.508 e. The lowest BCUT2D eigenvalue weighted by Gasteiger charge is -2.37. The summed E-state index contributed by atoms with van der Waals surface area (Å²) in [5.41, 5.74) is 7.58. The van der Waals surface area contributed by atoms with Gasteiger partial charge in [0.05, 0.1) is 7.11 Å². The summed E-state index contributed by atoms with van der Waals surface area (Å²) in [6.45, 7) is 3.00. The van der Waals surface area contributed by atoms with Gasteiger partial charge in [-0.25, -0.2) is 8.78 Å². The lowest BCUT2D eigenvalue weighted by atomic mass is 9.80. The van der Waals surface area contributed by atoms with E-state index in [0.29, 0.717) is 18.8 Å². The predicted molar refractivity (Wildman–Crippen MR) is 107 cm³/mol. The van der Waals surface area contributed by atoms with Crippen LogP contribution in [-0.4, -0.2) is 42.8 Å². The van der Waals surface area contributed by atoms with Crippen LogP contribution in [0, 0.1) is 17.6 Å². The first-order valence-corrected chi connectivity index (χ1v) is 10.1. The zero-order chi connectivity index (χ0) is 20.4. The van der Waals surface area contributed by atoms with Crippen LogP contribution in [0.5, 0.6) is 11.5 Å². The fourth-order valence-corrected chi connectivity index (χ4v) is 4.74. The van der Waals surface area contributed by atoms with Crippen molar-refractivity contribution in [2.75, 3.05) is 26.7 Å². The quantitative estimate of drug-likeness (QED) is 0.716. The van der Waals surface area contributed by atoms with Crippen molar-refractivity contribution in [3.63, 3.8) is 0 Å². The van der Waals surface area contributed by atoms with E-state index in [1.807, 2.05) is 6.07 Å². The molecule has 3 N–H and O–H groups in total. The van der Waals surface area contributed by atoms with E-state index in [0.717, 1.165) is 31.5 Å². The molecule has 2 fully saturated rings. The third kappa shape index (κ3) is 4.22. The molecule has 3 atom stereocenters. The molecule has 29 heavy (non-hydrogen) atoms. The summed E-state index contributed by atoms with van der Waals surface area (Å²) in [6.07, 6.45) is 2.03. The van der Waals surface area contributed by atoms with E-state index in [1.165, 1.54) is 18.2 Å². The number of ether oxygens (including phenoxy) is 1. The average Bonchev–Trinajstić information content (AvgIpc) is 3.19. The van der Waals surface area contributed by atoms with Crippen LogP contribution in [0.1, 0.15) is 29.9 Å². The molecule has 0 saturated carbocycles. The Labute approximate surface area is 169 Å². The second-order valence-corrected chi connectivity index (χ2v) is 7.93. The van der Waals surface area contributed by atoms with Gasteiger partial charge in [0, 0.05) is 48.8 Å². The summed E-state index contributed by atoms with van der Waals surface area (Å²) in [7, 11) is 1.60. The third-order valence-corrected chi connectivity index (χ3v) is 6.11. The highest BCUT2D eigenvalue weighted by molar-refractivity contribution is 5.40. The van der Waals surface area contributed by atoms with Crippen molar-refractivity contribution in [2.45, 2.75) is 31.3 Å². The van der Waals surface area contributed by atoms with Crippen LogP contribution in [0.2, 0.25) is 0 Å². The molecule has 2 aromatic carbocycles.